The highest BCUT2D eigenvalue weighted by Crippen LogP contribution is 2.41. The van der Waals surface area contributed by atoms with Gasteiger partial charge in [-0.15, -0.1) is 0 Å². The van der Waals surface area contributed by atoms with Crippen molar-refractivity contribution < 1.29 is 9.84 Å². The topological polar surface area (TPSA) is 29.5 Å². The van der Waals surface area contributed by atoms with Crippen molar-refractivity contribution in [3.63, 3.8) is 0 Å². The lowest BCUT2D eigenvalue weighted by atomic mass is 9.85. The zero-order valence-electron chi connectivity index (χ0n) is 11.5. The van der Waals surface area contributed by atoms with Gasteiger partial charge in [0, 0.05) is 5.56 Å². The molecule has 0 amide bonds. The van der Waals surface area contributed by atoms with Gasteiger partial charge >= 0.3 is 0 Å². The number of rotatable bonds is 3. The molecule has 2 atom stereocenters. The zero-order chi connectivity index (χ0) is 13.0. The Hall–Kier alpha value is -1.02. The van der Waals surface area contributed by atoms with Crippen LogP contribution >= 0.6 is 0 Å². The normalized spacial score (nSPS) is 28.7. The largest absolute Gasteiger partial charge is 0.496 e. The average molecular weight is 248 g/mol. The Labute approximate surface area is 110 Å². The van der Waals surface area contributed by atoms with Crippen molar-refractivity contribution in [1.82, 2.24) is 0 Å². The average Bonchev–Trinajstić information content (AvgIpc) is 2.61. The van der Waals surface area contributed by atoms with Gasteiger partial charge in [-0.2, -0.15) is 0 Å². The van der Waals surface area contributed by atoms with E-state index in [1.54, 1.807) is 7.11 Å². The maximum absolute atomic E-state index is 11.0. The first kappa shape index (κ1) is 13.4. The molecule has 100 valence electrons. The van der Waals surface area contributed by atoms with Gasteiger partial charge in [0.2, 0.25) is 0 Å². The third-order valence-electron chi connectivity index (χ3n) is 4.35. The number of benzene rings is 1. The summed E-state index contributed by atoms with van der Waals surface area (Å²) in [6, 6.07) is 7.88. The maximum Gasteiger partial charge on any atom is 0.124 e. The highest BCUT2D eigenvalue weighted by Gasteiger charge is 2.34. The van der Waals surface area contributed by atoms with Crippen LogP contribution in [0.4, 0.5) is 0 Å². The minimum Gasteiger partial charge on any atom is -0.496 e. The van der Waals surface area contributed by atoms with Crippen LogP contribution in [0.2, 0.25) is 0 Å². The van der Waals surface area contributed by atoms with Gasteiger partial charge in [0.1, 0.15) is 5.75 Å². The van der Waals surface area contributed by atoms with Crippen LogP contribution < -0.4 is 4.74 Å². The summed E-state index contributed by atoms with van der Waals surface area (Å²) in [6.07, 6.45) is 6.39. The molecular weight excluding hydrogens is 224 g/mol. The minimum atomic E-state index is -0.698. The summed E-state index contributed by atoms with van der Waals surface area (Å²) < 4.78 is 5.40. The van der Waals surface area contributed by atoms with Gasteiger partial charge in [-0.1, -0.05) is 38.0 Å². The monoisotopic (exact) mass is 248 g/mol. The van der Waals surface area contributed by atoms with Gasteiger partial charge in [0.25, 0.3) is 0 Å². The number of methoxy groups -OCH3 is 1. The second kappa shape index (κ2) is 5.75. The van der Waals surface area contributed by atoms with E-state index in [1.807, 2.05) is 24.3 Å². The molecule has 0 aliphatic heterocycles. The molecule has 2 rings (SSSR count). The molecule has 1 aliphatic rings. The molecule has 1 aromatic rings. The summed E-state index contributed by atoms with van der Waals surface area (Å²) in [5.41, 5.74) is 0.264. The molecule has 1 N–H and O–H groups in total. The number of aliphatic hydroxyl groups is 1. The molecule has 2 unspecified atom stereocenters. The molecule has 2 heteroatoms. The number of ether oxygens (including phenoxy) is 1. The minimum absolute atomic E-state index is 0.698. The smallest absolute Gasteiger partial charge is 0.124 e. The van der Waals surface area contributed by atoms with E-state index in [2.05, 4.69) is 6.92 Å². The van der Waals surface area contributed by atoms with Gasteiger partial charge in [0.05, 0.1) is 12.7 Å². The summed E-state index contributed by atoms with van der Waals surface area (Å²) >= 11 is 0. The molecule has 0 heterocycles. The third-order valence-corrected chi connectivity index (χ3v) is 4.35. The molecule has 18 heavy (non-hydrogen) atoms. The Morgan fingerprint density at radius 2 is 2.06 bits per heavy atom. The number of hydrogen-bond donors (Lipinski definition) is 1. The van der Waals surface area contributed by atoms with Crippen LogP contribution in [0.15, 0.2) is 24.3 Å². The summed E-state index contributed by atoms with van der Waals surface area (Å²) in [6.45, 7) is 2.25. The van der Waals surface area contributed by atoms with Crippen molar-refractivity contribution in [3.05, 3.63) is 29.8 Å². The van der Waals surface area contributed by atoms with E-state index in [4.69, 9.17) is 4.74 Å². The van der Waals surface area contributed by atoms with E-state index < -0.39 is 5.60 Å². The third kappa shape index (κ3) is 2.69. The second-order valence-electron chi connectivity index (χ2n) is 5.44. The Balaban J connectivity index is 2.24. The first-order valence-electron chi connectivity index (χ1n) is 7.05. The molecule has 0 radical (unpaired) electrons. The molecule has 2 nitrogen and oxygen atoms in total. The predicted molar refractivity (Wildman–Crippen MR) is 73.8 cm³/mol. The highest BCUT2D eigenvalue weighted by atomic mass is 16.5. The van der Waals surface area contributed by atoms with Crippen molar-refractivity contribution in [3.8, 4) is 5.75 Å². The highest BCUT2D eigenvalue weighted by molar-refractivity contribution is 5.38. The Morgan fingerprint density at radius 1 is 1.28 bits per heavy atom. The molecule has 1 aliphatic carbocycles. The molecule has 1 aromatic carbocycles. The van der Waals surface area contributed by atoms with Crippen LogP contribution in [0, 0.1) is 5.92 Å². The van der Waals surface area contributed by atoms with Crippen molar-refractivity contribution in [1.29, 1.82) is 0 Å². The maximum atomic E-state index is 11.0. The van der Waals surface area contributed by atoms with E-state index in [9.17, 15) is 5.11 Å². The zero-order valence-corrected chi connectivity index (χ0v) is 11.5. The molecule has 0 aromatic heterocycles. The summed E-state index contributed by atoms with van der Waals surface area (Å²) in [5, 5.41) is 11.0. The standard InChI is InChI=1S/C16H24O2/c1-3-13-7-6-11-16(17,12-10-13)14-8-4-5-9-15(14)18-2/h4-5,8-9,13,17H,3,6-7,10-12H2,1-2H3. The predicted octanol–water partition coefficient (Wildman–Crippen LogP) is 3.87. The fourth-order valence-corrected chi connectivity index (χ4v) is 3.10. The summed E-state index contributed by atoms with van der Waals surface area (Å²) in [4.78, 5) is 0. The molecule has 0 saturated heterocycles. The summed E-state index contributed by atoms with van der Waals surface area (Å²) in [5.74, 6) is 1.59. The van der Waals surface area contributed by atoms with Crippen molar-refractivity contribution >= 4 is 0 Å². The molecule has 1 saturated carbocycles. The number of hydrogen-bond acceptors (Lipinski definition) is 2. The van der Waals surface area contributed by atoms with E-state index in [1.165, 1.54) is 12.8 Å². The fraction of sp³-hybridized carbons (Fsp3) is 0.625. The van der Waals surface area contributed by atoms with Crippen molar-refractivity contribution in [2.45, 2.75) is 51.0 Å². The molecule has 0 bridgehead atoms. The van der Waals surface area contributed by atoms with Crippen LogP contribution in [0.5, 0.6) is 5.75 Å². The Kier molecular flexibility index (Phi) is 4.28. The second-order valence-corrected chi connectivity index (χ2v) is 5.44. The van der Waals surface area contributed by atoms with E-state index in [-0.39, 0.29) is 0 Å². The lowest BCUT2D eigenvalue weighted by Crippen LogP contribution is -2.25. The van der Waals surface area contributed by atoms with Gasteiger partial charge in [0.15, 0.2) is 0 Å². The first-order valence-corrected chi connectivity index (χ1v) is 7.05. The Bertz CT molecular complexity index is 388. The van der Waals surface area contributed by atoms with E-state index >= 15 is 0 Å². The quantitative estimate of drug-likeness (QED) is 0.823. The fourth-order valence-electron chi connectivity index (χ4n) is 3.10. The van der Waals surface area contributed by atoms with Crippen LogP contribution in [0.25, 0.3) is 0 Å². The van der Waals surface area contributed by atoms with E-state index in [0.717, 1.165) is 42.9 Å². The van der Waals surface area contributed by atoms with Crippen LogP contribution in [0.1, 0.15) is 51.0 Å². The number of para-hydroxylation sites is 1. The van der Waals surface area contributed by atoms with Crippen molar-refractivity contribution in [2.24, 2.45) is 5.92 Å². The van der Waals surface area contributed by atoms with E-state index in [0.29, 0.717) is 0 Å². The molecular formula is C16H24O2. The Morgan fingerprint density at radius 3 is 2.78 bits per heavy atom. The van der Waals surface area contributed by atoms with Gasteiger partial charge in [-0.05, 0) is 37.7 Å². The van der Waals surface area contributed by atoms with Gasteiger partial charge in [-0.3, -0.25) is 0 Å². The lowest BCUT2D eigenvalue weighted by Gasteiger charge is -2.29. The molecule has 1 fully saturated rings. The van der Waals surface area contributed by atoms with Crippen LogP contribution in [-0.2, 0) is 5.60 Å². The van der Waals surface area contributed by atoms with Crippen molar-refractivity contribution in [2.75, 3.05) is 7.11 Å². The first-order chi connectivity index (χ1) is 8.69. The van der Waals surface area contributed by atoms with Crippen LogP contribution in [-0.4, -0.2) is 12.2 Å². The SMILES string of the molecule is CCC1CCCC(O)(c2ccccc2OC)CC1. The lowest BCUT2D eigenvalue weighted by molar-refractivity contribution is 0.0174. The molecule has 0 spiro atoms. The van der Waals surface area contributed by atoms with Crippen LogP contribution in [0.3, 0.4) is 0 Å². The van der Waals surface area contributed by atoms with Gasteiger partial charge in [-0.25, -0.2) is 0 Å². The summed E-state index contributed by atoms with van der Waals surface area (Å²) in [7, 11) is 1.67. The van der Waals surface area contributed by atoms with Gasteiger partial charge < -0.3 is 9.84 Å².